The highest BCUT2D eigenvalue weighted by Gasteiger charge is 2.19. The minimum absolute atomic E-state index is 0.0470. The van der Waals surface area contributed by atoms with Crippen molar-refractivity contribution in [1.29, 1.82) is 0 Å². The van der Waals surface area contributed by atoms with Crippen molar-refractivity contribution in [2.24, 2.45) is 0 Å². The highest BCUT2D eigenvalue weighted by Crippen LogP contribution is 2.13. The maximum absolute atomic E-state index is 13.5. The lowest BCUT2D eigenvalue weighted by atomic mass is 10.1. The Balaban J connectivity index is 1.98. The van der Waals surface area contributed by atoms with Crippen LogP contribution < -0.4 is 5.32 Å². The van der Waals surface area contributed by atoms with Crippen molar-refractivity contribution in [3.8, 4) is 0 Å². The molecule has 0 radical (unpaired) electrons. The molecule has 1 atom stereocenters. The molecule has 0 bridgehead atoms. The first kappa shape index (κ1) is 15.7. The Kier molecular flexibility index (Phi) is 4.88. The largest absolute Gasteiger partial charge is 0.449 e. The SMILES string of the molecule is Cc1ccc(C(=O)O[C@@H](C)C(=O)Nc2ccccc2F)cc1. The van der Waals surface area contributed by atoms with Crippen molar-refractivity contribution in [3.05, 3.63) is 65.5 Å². The number of hydrogen-bond acceptors (Lipinski definition) is 3. The summed E-state index contributed by atoms with van der Waals surface area (Å²) in [6.07, 6.45) is -1.03. The van der Waals surface area contributed by atoms with Gasteiger partial charge in [0.05, 0.1) is 11.3 Å². The Morgan fingerprint density at radius 1 is 1.09 bits per heavy atom. The van der Waals surface area contributed by atoms with E-state index >= 15 is 0 Å². The minimum Gasteiger partial charge on any atom is -0.449 e. The summed E-state index contributed by atoms with van der Waals surface area (Å²) in [6.45, 7) is 3.34. The summed E-state index contributed by atoms with van der Waals surface area (Å²) >= 11 is 0. The zero-order valence-electron chi connectivity index (χ0n) is 12.3. The first-order valence-corrected chi connectivity index (χ1v) is 6.80. The number of hydrogen-bond donors (Lipinski definition) is 1. The molecule has 0 heterocycles. The molecule has 0 aromatic heterocycles. The van der Waals surface area contributed by atoms with E-state index in [1.54, 1.807) is 30.3 Å². The van der Waals surface area contributed by atoms with Crippen molar-refractivity contribution in [3.63, 3.8) is 0 Å². The Labute approximate surface area is 127 Å². The van der Waals surface area contributed by atoms with Gasteiger partial charge in [-0.1, -0.05) is 29.8 Å². The van der Waals surface area contributed by atoms with Crippen LogP contribution in [0.25, 0.3) is 0 Å². The van der Waals surface area contributed by atoms with Crippen LogP contribution in [-0.2, 0) is 9.53 Å². The molecule has 2 aromatic carbocycles. The first-order valence-electron chi connectivity index (χ1n) is 6.80. The fraction of sp³-hybridized carbons (Fsp3) is 0.176. The van der Waals surface area contributed by atoms with E-state index in [0.717, 1.165) is 5.56 Å². The molecule has 1 amide bonds. The fourth-order valence-corrected chi connectivity index (χ4v) is 1.77. The lowest BCUT2D eigenvalue weighted by molar-refractivity contribution is -0.123. The second kappa shape index (κ2) is 6.85. The van der Waals surface area contributed by atoms with Gasteiger partial charge in [-0.2, -0.15) is 0 Å². The third-order valence-electron chi connectivity index (χ3n) is 3.07. The minimum atomic E-state index is -1.03. The predicted molar refractivity (Wildman–Crippen MR) is 81.1 cm³/mol. The number of amides is 1. The van der Waals surface area contributed by atoms with E-state index in [9.17, 15) is 14.0 Å². The molecular formula is C17H16FNO3. The van der Waals surface area contributed by atoms with E-state index in [0.29, 0.717) is 5.56 Å². The molecule has 0 saturated heterocycles. The molecule has 5 heteroatoms. The van der Waals surface area contributed by atoms with Crippen molar-refractivity contribution >= 4 is 17.6 Å². The molecule has 4 nitrogen and oxygen atoms in total. The average molecular weight is 301 g/mol. The van der Waals surface area contributed by atoms with Crippen LogP contribution in [0.5, 0.6) is 0 Å². The molecule has 114 valence electrons. The summed E-state index contributed by atoms with van der Waals surface area (Å²) < 4.78 is 18.5. The van der Waals surface area contributed by atoms with Gasteiger partial charge in [-0.15, -0.1) is 0 Å². The van der Waals surface area contributed by atoms with Crippen LogP contribution >= 0.6 is 0 Å². The second-order valence-electron chi connectivity index (χ2n) is 4.88. The summed E-state index contributed by atoms with van der Waals surface area (Å²) in [5, 5.41) is 2.38. The molecule has 0 unspecified atom stereocenters. The Hall–Kier alpha value is -2.69. The number of carbonyl (C=O) groups is 2. The van der Waals surface area contributed by atoms with E-state index in [2.05, 4.69) is 5.32 Å². The van der Waals surface area contributed by atoms with Crippen molar-refractivity contribution in [1.82, 2.24) is 0 Å². The number of rotatable bonds is 4. The maximum atomic E-state index is 13.5. The molecule has 0 aliphatic heterocycles. The number of aryl methyl sites for hydroxylation is 1. The quantitative estimate of drug-likeness (QED) is 0.881. The van der Waals surface area contributed by atoms with Gasteiger partial charge in [0.15, 0.2) is 6.10 Å². The van der Waals surface area contributed by atoms with Gasteiger partial charge in [0.25, 0.3) is 5.91 Å². The van der Waals surface area contributed by atoms with Crippen LogP contribution in [0.3, 0.4) is 0 Å². The van der Waals surface area contributed by atoms with E-state index in [1.807, 2.05) is 6.92 Å². The molecule has 22 heavy (non-hydrogen) atoms. The number of nitrogens with one attached hydrogen (secondary N) is 1. The van der Waals surface area contributed by atoms with E-state index in [1.165, 1.54) is 25.1 Å². The number of benzene rings is 2. The van der Waals surface area contributed by atoms with Crippen molar-refractivity contribution < 1.29 is 18.7 Å². The number of anilines is 1. The molecule has 0 aliphatic carbocycles. The summed E-state index contributed by atoms with van der Waals surface area (Å²) in [5.41, 5.74) is 1.42. The summed E-state index contributed by atoms with van der Waals surface area (Å²) in [6, 6.07) is 12.6. The molecule has 2 rings (SSSR count). The lowest BCUT2D eigenvalue weighted by Crippen LogP contribution is -2.30. The van der Waals surface area contributed by atoms with Crippen LogP contribution in [-0.4, -0.2) is 18.0 Å². The number of esters is 1. The molecular weight excluding hydrogens is 285 g/mol. The van der Waals surface area contributed by atoms with Gasteiger partial charge in [-0.25, -0.2) is 9.18 Å². The van der Waals surface area contributed by atoms with Gasteiger partial charge in [-0.05, 0) is 38.1 Å². The third-order valence-corrected chi connectivity index (χ3v) is 3.07. The molecule has 2 aromatic rings. The van der Waals surface area contributed by atoms with Crippen LogP contribution in [0.2, 0.25) is 0 Å². The Morgan fingerprint density at radius 3 is 2.36 bits per heavy atom. The molecule has 0 aliphatic rings. The summed E-state index contributed by atoms with van der Waals surface area (Å²) in [5.74, 6) is -1.74. The number of ether oxygens (including phenoxy) is 1. The predicted octanol–water partition coefficient (Wildman–Crippen LogP) is 3.32. The highest BCUT2D eigenvalue weighted by atomic mass is 19.1. The molecule has 0 spiro atoms. The molecule has 0 fully saturated rings. The number of para-hydroxylation sites is 1. The van der Waals surface area contributed by atoms with Gasteiger partial charge in [0, 0.05) is 0 Å². The molecule has 0 saturated carbocycles. The summed E-state index contributed by atoms with van der Waals surface area (Å²) in [4.78, 5) is 23.8. The fourth-order valence-electron chi connectivity index (χ4n) is 1.77. The topological polar surface area (TPSA) is 55.4 Å². The van der Waals surface area contributed by atoms with E-state index < -0.39 is 23.8 Å². The second-order valence-corrected chi connectivity index (χ2v) is 4.88. The van der Waals surface area contributed by atoms with E-state index in [4.69, 9.17) is 4.74 Å². The Morgan fingerprint density at radius 2 is 1.73 bits per heavy atom. The van der Waals surface area contributed by atoms with Crippen molar-refractivity contribution in [2.45, 2.75) is 20.0 Å². The van der Waals surface area contributed by atoms with Gasteiger partial charge < -0.3 is 10.1 Å². The van der Waals surface area contributed by atoms with E-state index in [-0.39, 0.29) is 5.69 Å². The van der Waals surface area contributed by atoms with Crippen LogP contribution in [0, 0.1) is 12.7 Å². The van der Waals surface area contributed by atoms with Gasteiger partial charge in [0.2, 0.25) is 0 Å². The number of carbonyl (C=O) groups excluding carboxylic acids is 2. The maximum Gasteiger partial charge on any atom is 0.338 e. The normalized spacial score (nSPS) is 11.6. The van der Waals surface area contributed by atoms with Gasteiger partial charge in [-0.3, -0.25) is 4.79 Å². The van der Waals surface area contributed by atoms with Crippen LogP contribution in [0.4, 0.5) is 10.1 Å². The van der Waals surface area contributed by atoms with Gasteiger partial charge >= 0.3 is 5.97 Å². The molecule has 1 N–H and O–H groups in total. The Bertz CT molecular complexity index is 683. The van der Waals surface area contributed by atoms with Crippen LogP contribution in [0.15, 0.2) is 48.5 Å². The summed E-state index contributed by atoms with van der Waals surface area (Å²) in [7, 11) is 0. The van der Waals surface area contributed by atoms with Crippen LogP contribution in [0.1, 0.15) is 22.8 Å². The smallest absolute Gasteiger partial charge is 0.338 e. The zero-order chi connectivity index (χ0) is 16.1. The standard InChI is InChI=1S/C17H16FNO3/c1-11-7-9-13(10-8-11)17(21)22-12(2)16(20)19-15-6-4-3-5-14(15)18/h3-10,12H,1-2H3,(H,19,20)/t12-/m0/s1. The highest BCUT2D eigenvalue weighted by molar-refractivity contribution is 5.97. The lowest BCUT2D eigenvalue weighted by Gasteiger charge is -2.14. The average Bonchev–Trinajstić information content (AvgIpc) is 2.50. The van der Waals surface area contributed by atoms with Crippen molar-refractivity contribution in [2.75, 3.05) is 5.32 Å². The number of halogens is 1. The zero-order valence-corrected chi connectivity index (χ0v) is 12.3. The monoisotopic (exact) mass is 301 g/mol. The van der Waals surface area contributed by atoms with Gasteiger partial charge in [0.1, 0.15) is 5.82 Å². The first-order chi connectivity index (χ1) is 10.5. The third kappa shape index (κ3) is 3.91.